The summed E-state index contributed by atoms with van der Waals surface area (Å²) < 4.78 is 10.4. The van der Waals surface area contributed by atoms with Gasteiger partial charge in [-0.3, -0.25) is 0 Å². The summed E-state index contributed by atoms with van der Waals surface area (Å²) in [6.45, 7) is 0.555. The Labute approximate surface area is 104 Å². The molecule has 2 aromatic rings. The number of ether oxygens (including phenoxy) is 1. The molecule has 1 aromatic heterocycles. The monoisotopic (exact) mass is 253 g/mol. The predicted octanol–water partition coefficient (Wildman–Crippen LogP) is 2.12. The lowest BCUT2D eigenvalue weighted by Crippen LogP contribution is -2.06. The van der Waals surface area contributed by atoms with Gasteiger partial charge in [0.05, 0.1) is 19.2 Å². The molecule has 0 aliphatic rings. The number of benzene rings is 1. The molecule has 0 fully saturated rings. The van der Waals surface area contributed by atoms with Crippen LogP contribution in [0.4, 0.5) is 0 Å². The van der Waals surface area contributed by atoms with Gasteiger partial charge >= 0.3 is 0 Å². The van der Waals surface area contributed by atoms with E-state index in [0.29, 0.717) is 29.0 Å². The van der Waals surface area contributed by atoms with Crippen LogP contribution >= 0.6 is 11.6 Å². The van der Waals surface area contributed by atoms with Crippen molar-refractivity contribution >= 4 is 11.6 Å². The molecule has 0 aliphatic heterocycles. The number of hydrogen-bond acceptors (Lipinski definition) is 5. The van der Waals surface area contributed by atoms with Crippen molar-refractivity contribution in [3.63, 3.8) is 0 Å². The fourth-order valence-corrected chi connectivity index (χ4v) is 1.60. The van der Waals surface area contributed by atoms with Crippen LogP contribution < -0.4 is 10.1 Å². The molecule has 90 valence electrons. The molecule has 0 spiro atoms. The Balaban J connectivity index is 2.37. The van der Waals surface area contributed by atoms with E-state index in [2.05, 4.69) is 15.5 Å². The Morgan fingerprint density at radius 1 is 1.47 bits per heavy atom. The van der Waals surface area contributed by atoms with Crippen molar-refractivity contribution in [1.82, 2.24) is 15.5 Å². The summed E-state index contributed by atoms with van der Waals surface area (Å²) in [6, 6.07) is 5.25. The molecule has 1 N–H and O–H groups in total. The molecule has 0 unspecified atom stereocenters. The number of aromatic nitrogens is 2. The molecule has 0 atom stereocenters. The van der Waals surface area contributed by atoms with Crippen LogP contribution in [0.1, 0.15) is 5.82 Å². The van der Waals surface area contributed by atoms with Crippen LogP contribution in [-0.2, 0) is 6.54 Å². The van der Waals surface area contributed by atoms with Crippen LogP contribution in [0.2, 0.25) is 5.02 Å². The lowest BCUT2D eigenvalue weighted by atomic mass is 10.2. The van der Waals surface area contributed by atoms with Crippen molar-refractivity contribution in [2.75, 3.05) is 14.2 Å². The number of halogens is 1. The molecule has 5 nitrogen and oxygen atoms in total. The normalized spacial score (nSPS) is 10.5. The van der Waals surface area contributed by atoms with E-state index in [0.717, 1.165) is 5.56 Å². The van der Waals surface area contributed by atoms with Crippen LogP contribution in [0.15, 0.2) is 22.7 Å². The lowest BCUT2D eigenvalue weighted by molar-refractivity contribution is 0.402. The SMILES string of the molecule is CNCc1noc(-c2ccc(Cl)cc2OC)n1. The minimum atomic E-state index is 0.420. The van der Waals surface area contributed by atoms with Gasteiger partial charge in [-0.05, 0) is 25.2 Å². The second kappa shape index (κ2) is 5.16. The first-order valence-electron chi connectivity index (χ1n) is 5.05. The molecule has 6 heteroatoms. The molecule has 0 radical (unpaired) electrons. The Hall–Kier alpha value is -1.59. The second-order valence-electron chi connectivity index (χ2n) is 3.39. The molecular formula is C11H12ClN3O2. The minimum absolute atomic E-state index is 0.420. The Bertz CT molecular complexity index is 513. The highest BCUT2D eigenvalue weighted by Gasteiger charge is 2.13. The molecule has 1 aromatic carbocycles. The molecule has 0 amide bonds. The Morgan fingerprint density at radius 2 is 2.29 bits per heavy atom. The third kappa shape index (κ3) is 2.57. The summed E-state index contributed by atoms with van der Waals surface area (Å²) in [4.78, 5) is 4.25. The zero-order valence-electron chi connectivity index (χ0n) is 9.53. The van der Waals surface area contributed by atoms with Gasteiger partial charge in [-0.2, -0.15) is 4.98 Å². The average Bonchev–Trinajstić information content (AvgIpc) is 2.78. The topological polar surface area (TPSA) is 60.2 Å². The molecule has 2 rings (SSSR count). The first-order chi connectivity index (χ1) is 8.24. The third-order valence-corrected chi connectivity index (χ3v) is 2.43. The standard InChI is InChI=1S/C11H12ClN3O2/c1-13-6-10-14-11(17-15-10)8-4-3-7(12)5-9(8)16-2/h3-5,13H,6H2,1-2H3. The molecule has 0 aliphatic carbocycles. The van der Waals surface area contributed by atoms with Crippen LogP contribution in [0.25, 0.3) is 11.5 Å². The van der Waals surface area contributed by atoms with E-state index in [4.69, 9.17) is 20.9 Å². The summed E-state index contributed by atoms with van der Waals surface area (Å²) in [5.74, 6) is 1.63. The highest BCUT2D eigenvalue weighted by molar-refractivity contribution is 6.30. The molecular weight excluding hydrogens is 242 g/mol. The van der Waals surface area contributed by atoms with Crippen LogP contribution in [0.5, 0.6) is 5.75 Å². The van der Waals surface area contributed by atoms with E-state index >= 15 is 0 Å². The van der Waals surface area contributed by atoms with Crippen molar-refractivity contribution in [2.45, 2.75) is 6.54 Å². The van der Waals surface area contributed by atoms with Crippen LogP contribution in [0, 0.1) is 0 Å². The number of nitrogens with zero attached hydrogens (tertiary/aromatic N) is 2. The predicted molar refractivity (Wildman–Crippen MR) is 64.1 cm³/mol. The fourth-order valence-electron chi connectivity index (χ4n) is 1.44. The quantitative estimate of drug-likeness (QED) is 0.904. The maximum Gasteiger partial charge on any atom is 0.261 e. The van der Waals surface area contributed by atoms with Gasteiger partial charge in [0, 0.05) is 5.02 Å². The van der Waals surface area contributed by atoms with Gasteiger partial charge in [-0.25, -0.2) is 0 Å². The van der Waals surface area contributed by atoms with Crippen molar-refractivity contribution in [3.05, 3.63) is 29.0 Å². The number of hydrogen-bond donors (Lipinski definition) is 1. The van der Waals surface area contributed by atoms with Crippen molar-refractivity contribution in [2.24, 2.45) is 0 Å². The van der Waals surface area contributed by atoms with Gasteiger partial charge in [-0.15, -0.1) is 0 Å². The fraction of sp³-hybridized carbons (Fsp3) is 0.273. The van der Waals surface area contributed by atoms with Crippen LogP contribution in [0.3, 0.4) is 0 Å². The molecule has 1 heterocycles. The second-order valence-corrected chi connectivity index (χ2v) is 3.83. The zero-order chi connectivity index (χ0) is 12.3. The summed E-state index contributed by atoms with van der Waals surface area (Å²) >= 11 is 5.88. The number of methoxy groups -OCH3 is 1. The van der Waals surface area contributed by atoms with Gasteiger partial charge in [0.1, 0.15) is 5.75 Å². The van der Waals surface area contributed by atoms with E-state index in [-0.39, 0.29) is 0 Å². The van der Waals surface area contributed by atoms with Gasteiger partial charge in [0.25, 0.3) is 5.89 Å². The van der Waals surface area contributed by atoms with Crippen molar-refractivity contribution in [1.29, 1.82) is 0 Å². The van der Waals surface area contributed by atoms with Gasteiger partial charge in [-0.1, -0.05) is 16.8 Å². The van der Waals surface area contributed by atoms with Crippen molar-refractivity contribution < 1.29 is 9.26 Å². The highest BCUT2D eigenvalue weighted by Crippen LogP contribution is 2.31. The lowest BCUT2D eigenvalue weighted by Gasteiger charge is -2.04. The molecule has 17 heavy (non-hydrogen) atoms. The van der Waals surface area contributed by atoms with E-state index in [1.807, 2.05) is 7.05 Å². The smallest absolute Gasteiger partial charge is 0.261 e. The first kappa shape index (κ1) is 11.9. The third-order valence-electron chi connectivity index (χ3n) is 2.20. The first-order valence-corrected chi connectivity index (χ1v) is 5.43. The maximum absolute atomic E-state index is 5.88. The van der Waals surface area contributed by atoms with Gasteiger partial charge < -0.3 is 14.6 Å². The summed E-state index contributed by atoms with van der Waals surface area (Å²) in [5, 5.41) is 7.39. The summed E-state index contributed by atoms with van der Waals surface area (Å²) in [7, 11) is 3.39. The van der Waals surface area contributed by atoms with Gasteiger partial charge in [0.15, 0.2) is 5.82 Å². The van der Waals surface area contributed by atoms with Gasteiger partial charge in [0.2, 0.25) is 0 Å². The Morgan fingerprint density at radius 3 is 3.00 bits per heavy atom. The van der Waals surface area contributed by atoms with E-state index in [1.54, 1.807) is 25.3 Å². The number of rotatable bonds is 4. The summed E-state index contributed by atoms with van der Waals surface area (Å²) in [5.41, 5.74) is 0.728. The average molecular weight is 254 g/mol. The summed E-state index contributed by atoms with van der Waals surface area (Å²) in [6.07, 6.45) is 0. The van der Waals surface area contributed by atoms with Crippen LogP contribution in [-0.4, -0.2) is 24.3 Å². The molecule has 0 saturated heterocycles. The minimum Gasteiger partial charge on any atom is -0.496 e. The van der Waals surface area contributed by atoms with Crippen molar-refractivity contribution in [3.8, 4) is 17.2 Å². The molecule has 0 bridgehead atoms. The highest BCUT2D eigenvalue weighted by atomic mass is 35.5. The van der Waals surface area contributed by atoms with E-state index in [1.165, 1.54) is 0 Å². The largest absolute Gasteiger partial charge is 0.496 e. The Kier molecular flexibility index (Phi) is 3.61. The zero-order valence-corrected chi connectivity index (χ0v) is 10.3. The van der Waals surface area contributed by atoms with E-state index < -0.39 is 0 Å². The molecule has 0 saturated carbocycles. The van der Waals surface area contributed by atoms with E-state index in [9.17, 15) is 0 Å². The maximum atomic E-state index is 5.88. The number of nitrogens with one attached hydrogen (secondary N) is 1.